The van der Waals surface area contributed by atoms with Crippen LogP contribution in [0.1, 0.15) is 32.3 Å². The molecule has 0 saturated carbocycles. The molecule has 8 heteroatoms. The Labute approximate surface area is 170 Å². The number of carbonyl (C=O) groups is 1. The van der Waals surface area contributed by atoms with Crippen molar-refractivity contribution in [1.29, 1.82) is 5.26 Å². The second kappa shape index (κ2) is 10.4. The molecule has 156 valence electrons. The van der Waals surface area contributed by atoms with Gasteiger partial charge in [0.1, 0.15) is 24.0 Å². The Bertz CT molecular complexity index is 853. The summed E-state index contributed by atoms with van der Waals surface area (Å²) in [5.74, 6) is -0.332. The summed E-state index contributed by atoms with van der Waals surface area (Å²) in [6.07, 6.45) is 0. The first kappa shape index (κ1) is 22.1. The number of para-hydroxylation sites is 1. The molecule has 1 atom stereocenters. The van der Waals surface area contributed by atoms with E-state index in [0.29, 0.717) is 30.3 Å². The molecule has 29 heavy (non-hydrogen) atoms. The van der Waals surface area contributed by atoms with E-state index in [-0.39, 0.29) is 36.0 Å². The minimum atomic E-state index is -0.815. The number of nitrogens with two attached hydrogens (primary N) is 1. The molecule has 8 nitrogen and oxygen atoms in total. The van der Waals surface area contributed by atoms with Crippen LogP contribution < -0.4 is 15.2 Å². The number of nitrogens with zero attached hydrogens (tertiary/aromatic N) is 1. The van der Waals surface area contributed by atoms with Crippen LogP contribution in [0, 0.1) is 11.3 Å². The van der Waals surface area contributed by atoms with Gasteiger partial charge in [-0.25, -0.2) is 4.79 Å². The zero-order valence-electron chi connectivity index (χ0n) is 17.1. The van der Waals surface area contributed by atoms with E-state index in [0.717, 1.165) is 0 Å². The van der Waals surface area contributed by atoms with Crippen molar-refractivity contribution in [3.05, 3.63) is 46.6 Å². The first-order chi connectivity index (χ1) is 14.0. The lowest BCUT2D eigenvalue weighted by atomic mass is 9.82. The maximum atomic E-state index is 12.7. The lowest BCUT2D eigenvalue weighted by Crippen LogP contribution is -2.26. The molecule has 0 aliphatic carbocycles. The van der Waals surface area contributed by atoms with E-state index in [4.69, 9.17) is 29.4 Å². The first-order valence-corrected chi connectivity index (χ1v) is 9.32. The molecule has 0 amide bonds. The largest absolute Gasteiger partial charge is 0.493 e. The fraction of sp³-hybridized carbons (Fsp3) is 0.429. The Balaban J connectivity index is 2.61. The molecule has 0 aromatic heterocycles. The average molecular weight is 402 g/mol. The predicted octanol–water partition coefficient (Wildman–Crippen LogP) is 2.76. The second-order valence-corrected chi connectivity index (χ2v) is 6.04. The number of nitriles is 1. The highest BCUT2D eigenvalue weighted by molar-refractivity contribution is 5.93. The molecular formula is C21H26N2O6. The maximum absolute atomic E-state index is 12.7. The molecule has 1 aromatic rings. The van der Waals surface area contributed by atoms with E-state index in [1.165, 1.54) is 7.11 Å². The zero-order valence-corrected chi connectivity index (χ0v) is 17.1. The summed E-state index contributed by atoms with van der Waals surface area (Å²) in [5, 5.41) is 9.74. The highest BCUT2D eigenvalue weighted by Gasteiger charge is 2.38. The van der Waals surface area contributed by atoms with Crippen molar-refractivity contribution in [1.82, 2.24) is 0 Å². The first-order valence-electron chi connectivity index (χ1n) is 9.32. The van der Waals surface area contributed by atoms with Crippen LogP contribution in [0.25, 0.3) is 0 Å². The van der Waals surface area contributed by atoms with Crippen LogP contribution in [-0.2, 0) is 19.0 Å². The lowest BCUT2D eigenvalue weighted by Gasteiger charge is -2.28. The molecule has 0 spiro atoms. The van der Waals surface area contributed by atoms with Crippen LogP contribution in [0.2, 0.25) is 0 Å². The van der Waals surface area contributed by atoms with Crippen molar-refractivity contribution in [2.24, 2.45) is 5.73 Å². The highest BCUT2D eigenvalue weighted by atomic mass is 16.5. The number of allylic oxidation sites excluding steroid dienone is 2. The summed E-state index contributed by atoms with van der Waals surface area (Å²) in [6, 6.07) is 7.30. The summed E-state index contributed by atoms with van der Waals surface area (Å²) in [7, 11) is 1.52. The number of hydrogen-bond acceptors (Lipinski definition) is 8. The van der Waals surface area contributed by atoms with Crippen molar-refractivity contribution in [2.45, 2.75) is 26.7 Å². The third-order valence-electron chi connectivity index (χ3n) is 4.32. The number of benzene rings is 1. The van der Waals surface area contributed by atoms with Crippen LogP contribution in [0.4, 0.5) is 0 Å². The van der Waals surface area contributed by atoms with Gasteiger partial charge in [0.15, 0.2) is 11.5 Å². The number of hydrogen-bond donors (Lipinski definition) is 1. The Hall–Kier alpha value is -3.18. The monoisotopic (exact) mass is 402 g/mol. The zero-order chi connectivity index (χ0) is 21.4. The molecule has 1 aromatic carbocycles. The van der Waals surface area contributed by atoms with Gasteiger partial charge in [-0.2, -0.15) is 5.26 Å². The minimum Gasteiger partial charge on any atom is -0.493 e. The molecule has 1 aliphatic rings. The third-order valence-corrected chi connectivity index (χ3v) is 4.32. The van der Waals surface area contributed by atoms with Crippen molar-refractivity contribution in [3.8, 4) is 17.6 Å². The Morgan fingerprint density at radius 3 is 2.66 bits per heavy atom. The molecule has 1 unspecified atom stereocenters. The van der Waals surface area contributed by atoms with Crippen molar-refractivity contribution >= 4 is 5.97 Å². The number of ether oxygens (including phenoxy) is 5. The number of carbonyl (C=O) groups excluding carboxylic acids is 1. The number of rotatable bonds is 9. The summed E-state index contributed by atoms with van der Waals surface area (Å²) in [4.78, 5) is 12.7. The molecule has 0 fully saturated rings. The fourth-order valence-corrected chi connectivity index (χ4v) is 3.09. The standard InChI is InChI=1S/C21H26N2O6/c1-5-26-10-11-28-19-14(8-7-9-16(19)25-4)18-15(12-22)20(23)29-13(3)17(18)21(24)27-6-2/h7-9,18H,5-6,10-11,23H2,1-4H3. The van der Waals surface area contributed by atoms with E-state index in [1.54, 1.807) is 32.0 Å². The molecule has 2 rings (SSSR count). The van der Waals surface area contributed by atoms with E-state index in [9.17, 15) is 10.1 Å². The van der Waals surface area contributed by atoms with Gasteiger partial charge in [0.25, 0.3) is 0 Å². The SMILES string of the molecule is CCOCCOc1c(OC)cccc1C1C(C#N)=C(N)OC(C)=C1C(=O)OCC. The van der Waals surface area contributed by atoms with Crippen LogP contribution in [0.15, 0.2) is 41.0 Å². The molecule has 0 saturated heterocycles. The molecule has 0 bridgehead atoms. The van der Waals surface area contributed by atoms with Crippen LogP contribution >= 0.6 is 0 Å². The maximum Gasteiger partial charge on any atom is 0.338 e. The minimum absolute atomic E-state index is 0.0638. The Morgan fingerprint density at radius 2 is 2.03 bits per heavy atom. The smallest absolute Gasteiger partial charge is 0.338 e. The lowest BCUT2D eigenvalue weighted by molar-refractivity contribution is -0.139. The average Bonchev–Trinajstić information content (AvgIpc) is 2.70. The summed E-state index contributed by atoms with van der Waals surface area (Å²) < 4.78 is 27.4. The van der Waals surface area contributed by atoms with Gasteiger partial charge in [0.05, 0.1) is 31.8 Å². The second-order valence-electron chi connectivity index (χ2n) is 6.04. The van der Waals surface area contributed by atoms with Crippen LogP contribution in [0.5, 0.6) is 11.5 Å². The Morgan fingerprint density at radius 1 is 1.28 bits per heavy atom. The number of esters is 1. The normalized spacial score (nSPS) is 16.2. The van der Waals surface area contributed by atoms with Gasteiger partial charge in [-0.1, -0.05) is 12.1 Å². The third kappa shape index (κ3) is 4.81. The quantitative estimate of drug-likeness (QED) is 0.495. The predicted molar refractivity (Wildman–Crippen MR) is 105 cm³/mol. The van der Waals surface area contributed by atoms with Crippen molar-refractivity contribution in [3.63, 3.8) is 0 Å². The van der Waals surface area contributed by atoms with E-state index in [1.807, 2.05) is 6.92 Å². The van der Waals surface area contributed by atoms with E-state index < -0.39 is 11.9 Å². The highest BCUT2D eigenvalue weighted by Crippen LogP contribution is 2.45. The summed E-state index contributed by atoms with van der Waals surface area (Å²) in [6.45, 7) is 6.59. The summed E-state index contributed by atoms with van der Waals surface area (Å²) >= 11 is 0. The van der Waals surface area contributed by atoms with Gasteiger partial charge in [-0.15, -0.1) is 0 Å². The topological polar surface area (TPSA) is 113 Å². The fourth-order valence-electron chi connectivity index (χ4n) is 3.09. The van der Waals surface area contributed by atoms with E-state index >= 15 is 0 Å². The van der Waals surface area contributed by atoms with Crippen LogP contribution in [0.3, 0.4) is 0 Å². The van der Waals surface area contributed by atoms with Crippen LogP contribution in [-0.4, -0.2) is 39.5 Å². The van der Waals surface area contributed by atoms with Gasteiger partial charge in [-0.3, -0.25) is 0 Å². The van der Waals surface area contributed by atoms with Crippen molar-refractivity contribution < 1.29 is 28.5 Å². The molecule has 0 radical (unpaired) electrons. The van der Waals surface area contributed by atoms with Gasteiger partial charge in [-0.05, 0) is 26.8 Å². The number of methoxy groups -OCH3 is 1. The molecular weight excluding hydrogens is 376 g/mol. The van der Waals surface area contributed by atoms with Gasteiger partial charge in [0, 0.05) is 12.2 Å². The van der Waals surface area contributed by atoms with Gasteiger partial charge < -0.3 is 29.4 Å². The van der Waals surface area contributed by atoms with Gasteiger partial charge in [0.2, 0.25) is 5.88 Å². The molecule has 1 heterocycles. The van der Waals surface area contributed by atoms with Crippen molar-refractivity contribution in [2.75, 3.05) is 33.5 Å². The Kier molecular flexibility index (Phi) is 7.92. The van der Waals surface area contributed by atoms with E-state index in [2.05, 4.69) is 6.07 Å². The molecule has 1 aliphatic heterocycles. The summed E-state index contributed by atoms with van der Waals surface area (Å²) in [5.41, 5.74) is 6.80. The van der Waals surface area contributed by atoms with Gasteiger partial charge >= 0.3 is 5.97 Å². The molecule has 2 N–H and O–H groups in total.